The Morgan fingerprint density at radius 1 is 1.16 bits per heavy atom. The average Bonchev–Trinajstić information content (AvgIpc) is 3.56. The van der Waals surface area contributed by atoms with E-state index in [1.165, 1.54) is 40.5 Å². The van der Waals surface area contributed by atoms with Crippen molar-refractivity contribution in [2.45, 2.75) is 50.8 Å². The highest BCUT2D eigenvalue weighted by atomic mass is 19.3. The van der Waals surface area contributed by atoms with Gasteiger partial charge in [-0.15, -0.1) is 0 Å². The van der Waals surface area contributed by atoms with Crippen LogP contribution >= 0.6 is 0 Å². The molecule has 1 aliphatic heterocycles. The fourth-order valence-corrected chi connectivity index (χ4v) is 4.67. The number of fused-ring (bicyclic) bond motifs is 1. The summed E-state index contributed by atoms with van der Waals surface area (Å²) in [5.74, 6) is -0.424. The summed E-state index contributed by atoms with van der Waals surface area (Å²) in [6.07, 6.45) is 2.93. The van der Waals surface area contributed by atoms with E-state index in [0.717, 1.165) is 15.9 Å². The molecule has 0 aliphatic carbocycles. The predicted molar refractivity (Wildman–Crippen MR) is 131 cm³/mol. The van der Waals surface area contributed by atoms with E-state index in [1.807, 2.05) is 31.2 Å². The molecule has 1 fully saturated rings. The van der Waals surface area contributed by atoms with Gasteiger partial charge >= 0.3 is 0 Å². The molecule has 37 heavy (non-hydrogen) atoms. The minimum atomic E-state index is -2.74. The van der Waals surface area contributed by atoms with Gasteiger partial charge in [0.15, 0.2) is 5.65 Å². The first kappa shape index (κ1) is 24.8. The fourth-order valence-electron chi connectivity index (χ4n) is 4.67. The first-order valence-corrected chi connectivity index (χ1v) is 12.0. The molecule has 194 valence electrons. The highest BCUT2D eigenvalue weighted by molar-refractivity contribution is 5.77. The number of benzene rings is 1. The van der Waals surface area contributed by atoms with Gasteiger partial charge in [0, 0.05) is 25.5 Å². The lowest BCUT2D eigenvalue weighted by Gasteiger charge is -2.38. The van der Waals surface area contributed by atoms with Crippen molar-refractivity contribution >= 4 is 16.9 Å². The zero-order valence-corrected chi connectivity index (χ0v) is 20.2. The second-order valence-corrected chi connectivity index (χ2v) is 9.50. The van der Waals surface area contributed by atoms with Gasteiger partial charge in [0.1, 0.15) is 17.8 Å². The lowest BCUT2D eigenvalue weighted by atomic mass is 9.91. The number of aromatic nitrogens is 6. The molecule has 4 aromatic rings. The van der Waals surface area contributed by atoms with E-state index in [2.05, 4.69) is 15.2 Å². The standard InChI is InChI=1S/C25H27F2N7O3/c1-17-3-5-18(6-4-17)34-23-19(14-30-34)24(36)32(16-28-23)15-25(37)7-11-31(12-8-25)21(35)13-20(22(26)27)33-10-2-9-29-33/h2-6,9-10,14,16,20,22,37H,7-8,11-13,15H2,1H3/t20-/m1/s1. The van der Waals surface area contributed by atoms with E-state index >= 15 is 0 Å². The second kappa shape index (κ2) is 9.85. The Hall–Kier alpha value is -3.93. The number of carbonyl (C=O) groups is 1. The molecule has 1 amide bonds. The Kier molecular flexibility index (Phi) is 6.59. The SMILES string of the molecule is Cc1ccc(-n2ncc3c(=O)n(CC4(O)CCN(C(=O)C[C@H](C(F)F)n5cccn5)CC4)cnc32)cc1. The molecule has 0 bridgehead atoms. The van der Waals surface area contributed by atoms with E-state index in [1.54, 1.807) is 4.68 Å². The highest BCUT2D eigenvalue weighted by Crippen LogP contribution is 2.27. The lowest BCUT2D eigenvalue weighted by molar-refractivity contribution is -0.138. The Balaban J connectivity index is 1.26. The number of carbonyl (C=O) groups excluding carboxylic acids is 1. The number of likely N-dealkylation sites (tertiary alicyclic amines) is 1. The van der Waals surface area contributed by atoms with E-state index in [-0.39, 0.29) is 44.5 Å². The van der Waals surface area contributed by atoms with Crippen LogP contribution in [0.4, 0.5) is 8.78 Å². The third kappa shape index (κ3) is 5.01. The fraction of sp³-hybridized carbons (Fsp3) is 0.400. The molecule has 1 atom stereocenters. The van der Waals surface area contributed by atoms with Gasteiger partial charge in [-0.25, -0.2) is 18.4 Å². The molecule has 0 unspecified atom stereocenters. The predicted octanol–water partition coefficient (Wildman–Crippen LogP) is 2.34. The number of alkyl halides is 2. The molecule has 10 nitrogen and oxygen atoms in total. The third-order valence-electron chi connectivity index (χ3n) is 6.88. The van der Waals surface area contributed by atoms with E-state index in [9.17, 15) is 23.5 Å². The van der Waals surface area contributed by atoms with Crippen molar-refractivity contribution in [3.8, 4) is 5.69 Å². The number of nitrogens with zero attached hydrogens (tertiary/aromatic N) is 7. The lowest BCUT2D eigenvalue weighted by Crippen LogP contribution is -2.50. The van der Waals surface area contributed by atoms with Crippen molar-refractivity contribution in [1.82, 2.24) is 34.0 Å². The van der Waals surface area contributed by atoms with Crippen LogP contribution in [0.15, 0.2) is 60.0 Å². The minimum Gasteiger partial charge on any atom is -0.388 e. The third-order valence-corrected chi connectivity index (χ3v) is 6.88. The van der Waals surface area contributed by atoms with Gasteiger partial charge in [-0.3, -0.25) is 18.8 Å². The number of hydrogen-bond donors (Lipinski definition) is 1. The monoisotopic (exact) mass is 511 g/mol. The Labute approximate surface area is 210 Å². The summed E-state index contributed by atoms with van der Waals surface area (Å²) in [6.45, 7) is 2.37. The van der Waals surface area contributed by atoms with Gasteiger partial charge in [-0.2, -0.15) is 10.2 Å². The Morgan fingerprint density at radius 3 is 2.54 bits per heavy atom. The van der Waals surface area contributed by atoms with Crippen molar-refractivity contribution < 1.29 is 18.7 Å². The maximum atomic E-state index is 13.5. The van der Waals surface area contributed by atoms with Crippen LogP contribution in [-0.4, -0.2) is 70.1 Å². The molecular formula is C25H27F2N7O3. The molecule has 1 aromatic carbocycles. The van der Waals surface area contributed by atoms with Crippen LogP contribution in [0.5, 0.6) is 0 Å². The summed E-state index contributed by atoms with van der Waals surface area (Å²) in [7, 11) is 0. The van der Waals surface area contributed by atoms with Gasteiger partial charge in [0.25, 0.3) is 12.0 Å². The number of amides is 1. The molecule has 5 rings (SSSR count). The van der Waals surface area contributed by atoms with E-state index in [0.29, 0.717) is 11.0 Å². The van der Waals surface area contributed by atoms with Gasteiger partial charge < -0.3 is 10.0 Å². The molecular weight excluding hydrogens is 484 g/mol. The number of piperidine rings is 1. The van der Waals surface area contributed by atoms with Crippen LogP contribution in [0.2, 0.25) is 0 Å². The van der Waals surface area contributed by atoms with Gasteiger partial charge in [0.2, 0.25) is 5.91 Å². The van der Waals surface area contributed by atoms with Crippen molar-refractivity contribution in [2.24, 2.45) is 0 Å². The first-order chi connectivity index (χ1) is 17.7. The molecule has 1 N–H and O–H groups in total. The molecule has 3 aromatic heterocycles. The van der Waals surface area contributed by atoms with E-state index in [4.69, 9.17) is 0 Å². The summed E-state index contributed by atoms with van der Waals surface area (Å²) in [5.41, 5.74) is 0.732. The van der Waals surface area contributed by atoms with Crippen molar-refractivity contribution in [3.05, 3.63) is 71.2 Å². The summed E-state index contributed by atoms with van der Waals surface area (Å²) in [5, 5.41) is 19.7. The topological polar surface area (TPSA) is 111 Å². The smallest absolute Gasteiger partial charge is 0.264 e. The molecule has 4 heterocycles. The molecule has 0 spiro atoms. The summed E-state index contributed by atoms with van der Waals surface area (Å²) >= 11 is 0. The maximum absolute atomic E-state index is 13.5. The number of aryl methyl sites for hydroxylation is 1. The quantitative estimate of drug-likeness (QED) is 0.408. The number of rotatable bonds is 7. The van der Waals surface area contributed by atoms with Crippen LogP contribution in [0.3, 0.4) is 0 Å². The van der Waals surface area contributed by atoms with Crippen molar-refractivity contribution in [1.29, 1.82) is 0 Å². The van der Waals surface area contributed by atoms with E-state index < -0.39 is 24.0 Å². The summed E-state index contributed by atoms with van der Waals surface area (Å²) in [4.78, 5) is 31.7. The normalized spacial score (nSPS) is 16.4. The number of hydrogen-bond acceptors (Lipinski definition) is 6. The minimum absolute atomic E-state index is 0.000534. The zero-order chi connectivity index (χ0) is 26.2. The molecule has 12 heteroatoms. The zero-order valence-electron chi connectivity index (χ0n) is 20.2. The Bertz CT molecular complexity index is 1440. The van der Waals surface area contributed by atoms with Crippen LogP contribution in [0.25, 0.3) is 16.7 Å². The van der Waals surface area contributed by atoms with Crippen LogP contribution in [-0.2, 0) is 11.3 Å². The molecule has 1 saturated heterocycles. The van der Waals surface area contributed by atoms with Crippen molar-refractivity contribution in [2.75, 3.05) is 13.1 Å². The summed E-state index contributed by atoms with van der Waals surface area (Å²) in [6, 6.07) is 7.86. The molecule has 0 saturated carbocycles. The number of halogens is 2. The van der Waals surface area contributed by atoms with Crippen LogP contribution in [0, 0.1) is 6.92 Å². The average molecular weight is 512 g/mol. The largest absolute Gasteiger partial charge is 0.388 e. The van der Waals surface area contributed by atoms with Crippen molar-refractivity contribution in [3.63, 3.8) is 0 Å². The molecule has 1 aliphatic rings. The van der Waals surface area contributed by atoms with Crippen LogP contribution in [0.1, 0.15) is 30.9 Å². The van der Waals surface area contributed by atoms with Gasteiger partial charge in [-0.05, 0) is 38.0 Å². The highest BCUT2D eigenvalue weighted by Gasteiger charge is 2.36. The van der Waals surface area contributed by atoms with Crippen LogP contribution < -0.4 is 5.56 Å². The second-order valence-electron chi connectivity index (χ2n) is 9.50. The molecule has 0 radical (unpaired) electrons. The summed E-state index contributed by atoms with van der Waals surface area (Å²) < 4.78 is 31.0. The van der Waals surface area contributed by atoms with Gasteiger partial charge in [0.05, 0.1) is 30.5 Å². The van der Waals surface area contributed by atoms with Gasteiger partial charge in [-0.1, -0.05) is 17.7 Å². The maximum Gasteiger partial charge on any atom is 0.264 e. The first-order valence-electron chi connectivity index (χ1n) is 12.0. The number of aliphatic hydroxyl groups is 1. The Morgan fingerprint density at radius 2 is 1.89 bits per heavy atom.